The predicted molar refractivity (Wildman–Crippen MR) is 65.4 cm³/mol. The van der Waals surface area contributed by atoms with Crippen molar-refractivity contribution in [2.75, 3.05) is 7.11 Å². The largest absolute Gasteiger partial charge is 0.469 e. The first-order chi connectivity index (χ1) is 7.25. The highest BCUT2D eigenvalue weighted by Crippen LogP contribution is 2.47. The lowest BCUT2D eigenvalue weighted by Gasteiger charge is -2.50. The van der Waals surface area contributed by atoms with Crippen molar-refractivity contribution in [1.29, 1.82) is 0 Å². The molecule has 2 rings (SSSR count). The molecule has 0 amide bonds. The summed E-state index contributed by atoms with van der Waals surface area (Å²) >= 11 is 0. The fraction of sp³-hybridized carbons (Fsp3) is 0.917. The van der Waals surface area contributed by atoms with Gasteiger partial charge in [-0.2, -0.15) is 0 Å². The Balaban J connectivity index is 0.00000128. The second-order valence-corrected chi connectivity index (χ2v) is 4.95. The molecule has 94 valence electrons. The van der Waals surface area contributed by atoms with Crippen LogP contribution in [0, 0.1) is 17.8 Å². The van der Waals surface area contributed by atoms with Crippen LogP contribution < -0.4 is 5.73 Å². The van der Waals surface area contributed by atoms with E-state index in [0.29, 0.717) is 11.8 Å². The van der Waals surface area contributed by atoms with Crippen LogP contribution in [-0.4, -0.2) is 19.1 Å². The minimum Gasteiger partial charge on any atom is -0.469 e. The summed E-state index contributed by atoms with van der Waals surface area (Å²) in [7, 11) is 1.46. The Labute approximate surface area is 104 Å². The number of hydrogen-bond acceptors (Lipinski definition) is 3. The van der Waals surface area contributed by atoms with Crippen molar-refractivity contribution in [2.45, 2.75) is 44.6 Å². The summed E-state index contributed by atoms with van der Waals surface area (Å²) in [5.74, 6) is 0.976. The molecule has 0 aromatic heterocycles. The van der Waals surface area contributed by atoms with Crippen LogP contribution in [0.1, 0.15) is 38.5 Å². The van der Waals surface area contributed by atoms with Crippen molar-refractivity contribution >= 4 is 18.4 Å². The Bertz CT molecular complexity index is 247. The average Bonchev–Trinajstić information content (AvgIpc) is 2.21. The Morgan fingerprint density at radius 2 is 1.69 bits per heavy atom. The molecule has 2 N–H and O–H groups in total. The van der Waals surface area contributed by atoms with Crippen LogP contribution in [-0.2, 0) is 9.53 Å². The van der Waals surface area contributed by atoms with Crippen LogP contribution in [0.15, 0.2) is 0 Å². The van der Waals surface area contributed by atoms with Gasteiger partial charge in [0, 0.05) is 6.04 Å². The Kier molecular flexibility index (Phi) is 5.06. The molecule has 0 saturated heterocycles. The monoisotopic (exact) mass is 247 g/mol. The van der Waals surface area contributed by atoms with Crippen molar-refractivity contribution in [3.63, 3.8) is 0 Å². The summed E-state index contributed by atoms with van der Waals surface area (Å²) < 4.78 is 4.83. The van der Waals surface area contributed by atoms with Gasteiger partial charge >= 0.3 is 5.97 Å². The number of methoxy groups -OCH3 is 1. The molecular formula is C12H22ClNO2. The topological polar surface area (TPSA) is 52.3 Å². The van der Waals surface area contributed by atoms with E-state index in [0.717, 1.165) is 6.42 Å². The van der Waals surface area contributed by atoms with Crippen molar-refractivity contribution in [2.24, 2.45) is 23.5 Å². The van der Waals surface area contributed by atoms with E-state index in [2.05, 4.69) is 0 Å². The van der Waals surface area contributed by atoms with Gasteiger partial charge in [0.15, 0.2) is 0 Å². The van der Waals surface area contributed by atoms with Gasteiger partial charge in [0.1, 0.15) is 0 Å². The van der Waals surface area contributed by atoms with Crippen LogP contribution in [0.2, 0.25) is 0 Å². The lowest BCUT2D eigenvalue weighted by molar-refractivity contribution is -0.158. The lowest BCUT2D eigenvalue weighted by Crippen LogP contribution is -2.59. The van der Waals surface area contributed by atoms with E-state index in [1.807, 2.05) is 0 Å². The van der Waals surface area contributed by atoms with Gasteiger partial charge in [-0.25, -0.2) is 0 Å². The molecule has 0 bridgehead atoms. The fourth-order valence-electron chi connectivity index (χ4n) is 3.34. The van der Waals surface area contributed by atoms with Crippen molar-refractivity contribution in [3.8, 4) is 0 Å². The molecule has 0 aromatic rings. The molecule has 4 heteroatoms. The lowest BCUT2D eigenvalue weighted by atomic mass is 9.57. The molecule has 0 aliphatic heterocycles. The molecule has 2 saturated carbocycles. The Morgan fingerprint density at radius 1 is 1.12 bits per heavy atom. The van der Waals surface area contributed by atoms with Gasteiger partial charge in [-0.1, -0.05) is 25.7 Å². The Morgan fingerprint density at radius 3 is 2.25 bits per heavy atom. The second kappa shape index (κ2) is 5.87. The zero-order valence-electron chi connectivity index (χ0n) is 9.85. The van der Waals surface area contributed by atoms with Gasteiger partial charge < -0.3 is 10.5 Å². The third-order valence-electron chi connectivity index (χ3n) is 4.22. The molecular weight excluding hydrogens is 226 g/mol. The van der Waals surface area contributed by atoms with Gasteiger partial charge in [-0.05, 0) is 24.7 Å². The average molecular weight is 248 g/mol. The number of carbonyl (C=O) groups excluding carboxylic acids is 1. The first-order valence-corrected chi connectivity index (χ1v) is 6.09. The van der Waals surface area contributed by atoms with E-state index >= 15 is 0 Å². The molecule has 16 heavy (non-hydrogen) atoms. The summed E-state index contributed by atoms with van der Waals surface area (Å²) in [6.07, 6.45) is 7.55. The number of esters is 1. The van der Waals surface area contributed by atoms with Crippen molar-refractivity contribution in [1.82, 2.24) is 0 Å². The molecule has 2 aliphatic rings. The Hall–Kier alpha value is -0.280. The van der Waals surface area contributed by atoms with Crippen LogP contribution in [0.25, 0.3) is 0 Å². The summed E-state index contributed by atoms with van der Waals surface area (Å²) in [5.41, 5.74) is 6.07. The maximum Gasteiger partial charge on any atom is 0.310 e. The van der Waals surface area contributed by atoms with Crippen molar-refractivity contribution in [3.05, 3.63) is 0 Å². The van der Waals surface area contributed by atoms with Crippen LogP contribution in [0.4, 0.5) is 0 Å². The third-order valence-corrected chi connectivity index (χ3v) is 4.22. The zero-order chi connectivity index (χ0) is 10.8. The highest BCUT2D eigenvalue weighted by Gasteiger charge is 2.51. The van der Waals surface area contributed by atoms with Gasteiger partial charge in [0.25, 0.3) is 0 Å². The van der Waals surface area contributed by atoms with E-state index in [4.69, 9.17) is 10.5 Å². The molecule has 2 aliphatic carbocycles. The van der Waals surface area contributed by atoms with E-state index in [1.165, 1.54) is 39.2 Å². The number of carbonyl (C=O) groups is 1. The van der Waals surface area contributed by atoms with E-state index in [9.17, 15) is 4.79 Å². The third kappa shape index (κ3) is 2.35. The highest BCUT2D eigenvalue weighted by atomic mass is 35.5. The first-order valence-electron chi connectivity index (χ1n) is 6.09. The standard InChI is InChI=1S/C12H21NO2.ClH/c1-15-12(14)10-8-6-4-2-3-5-7-9(8)11(10)13;/h8-11H,2-7,13H2,1H3;1H/t8-,9+,10-,11-;/m0./s1. The molecule has 0 unspecified atom stereocenters. The molecule has 2 fully saturated rings. The molecule has 0 spiro atoms. The molecule has 4 atom stereocenters. The van der Waals surface area contributed by atoms with Crippen LogP contribution in [0.5, 0.6) is 0 Å². The predicted octanol–water partition coefficient (Wildman–Crippen LogP) is 2.12. The molecule has 0 aromatic carbocycles. The number of ether oxygens (including phenoxy) is 1. The van der Waals surface area contributed by atoms with Crippen molar-refractivity contribution < 1.29 is 9.53 Å². The highest BCUT2D eigenvalue weighted by molar-refractivity contribution is 5.85. The quantitative estimate of drug-likeness (QED) is 0.723. The van der Waals surface area contributed by atoms with E-state index < -0.39 is 0 Å². The number of fused-ring (bicyclic) bond motifs is 1. The number of halogens is 1. The molecule has 0 radical (unpaired) electrons. The summed E-state index contributed by atoms with van der Waals surface area (Å²) in [6.45, 7) is 0. The summed E-state index contributed by atoms with van der Waals surface area (Å²) in [4.78, 5) is 11.6. The molecule has 3 nitrogen and oxygen atoms in total. The normalized spacial score (nSPS) is 38.1. The van der Waals surface area contributed by atoms with E-state index in [-0.39, 0.29) is 30.3 Å². The van der Waals surface area contributed by atoms with Gasteiger partial charge in [0.05, 0.1) is 13.0 Å². The maximum absolute atomic E-state index is 11.6. The smallest absolute Gasteiger partial charge is 0.310 e. The number of rotatable bonds is 1. The van der Waals surface area contributed by atoms with Gasteiger partial charge in [-0.3, -0.25) is 4.79 Å². The first kappa shape index (κ1) is 13.8. The SMILES string of the molecule is COC(=O)[C@@H]1[C@@H](N)[C@@H]2CCCCCC[C@@H]21.Cl. The minimum atomic E-state index is -0.0932. The second-order valence-electron chi connectivity index (χ2n) is 4.95. The van der Waals surface area contributed by atoms with Gasteiger partial charge in [0.2, 0.25) is 0 Å². The summed E-state index contributed by atoms with van der Waals surface area (Å²) in [5, 5.41) is 0. The fourth-order valence-corrected chi connectivity index (χ4v) is 3.34. The minimum absolute atomic E-state index is 0. The van der Waals surface area contributed by atoms with Crippen LogP contribution in [0.3, 0.4) is 0 Å². The van der Waals surface area contributed by atoms with Crippen LogP contribution >= 0.6 is 12.4 Å². The summed E-state index contributed by atoms with van der Waals surface area (Å²) in [6, 6.07) is 0.0561. The van der Waals surface area contributed by atoms with E-state index in [1.54, 1.807) is 0 Å². The molecule has 0 heterocycles. The van der Waals surface area contributed by atoms with Gasteiger partial charge in [-0.15, -0.1) is 12.4 Å². The zero-order valence-corrected chi connectivity index (χ0v) is 10.7. The number of nitrogens with two attached hydrogens (primary N) is 1. The maximum atomic E-state index is 11.6. The number of hydrogen-bond donors (Lipinski definition) is 1.